The van der Waals surface area contributed by atoms with E-state index in [0.29, 0.717) is 5.92 Å². The van der Waals surface area contributed by atoms with Crippen molar-refractivity contribution in [2.75, 3.05) is 44.2 Å². The average Bonchev–Trinajstić information content (AvgIpc) is 3.13. The minimum Gasteiger partial charge on any atom is -0.356 e. The number of amides is 1. The van der Waals surface area contributed by atoms with Crippen LogP contribution in [0.4, 0.5) is 5.95 Å². The summed E-state index contributed by atoms with van der Waals surface area (Å²) < 4.78 is 0. The molecule has 1 N–H and O–H groups in total. The van der Waals surface area contributed by atoms with Gasteiger partial charge in [0.2, 0.25) is 11.9 Å². The Balaban J connectivity index is 1.37. The molecule has 1 amide bonds. The summed E-state index contributed by atoms with van der Waals surface area (Å²) in [5.41, 5.74) is 0. The molecule has 1 unspecified atom stereocenters. The van der Waals surface area contributed by atoms with Gasteiger partial charge in [0.05, 0.1) is 0 Å². The molecule has 1 atom stereocenters. The minimum atomic E-state index is 0.129. The van der Waals surface area contributed by atoms with Crippen molar-refractivity contribution in [3.05, 3.63) is 18.5 Å². The summed E-state index contributed by atoms with van der Waals surface area (Å²) in [6, 6.07) is 1.83. The Morgan fingerprint density at radius 1 is 1.21 bits per heavy atom. The van der Waals surface area contributed by atoms with Crippen LogP contribution >= 0.6 is 0 Å². The summed E-state index contributed by atoms with van der Waals surface area (Å²) in [6.45, 7) is 8.27. The number of nitrogens with one attached hydrogen (secondary N) is 1. The quantitative estimate of drug-likeness (QED) is 0.857. The first kappa shape index (κ1) is 17.1. The number of hydrogen-bond donors (Lipinski definition) is 1. The lowest BCUT2D eigenvalue weighted by atomic mass is 9.96. The van der Waals surface area contributed by atoms with Crippen molar-refractivity contribution in [2.45, 2.75) is 32.6 Å². The highest BCUT2D eigenvalue weighted by Crippen LogP contribution is 2.20. The number of anilines is 1. The Morgan fingerprint density at radius 2 is 1.88 bits per heavy atom. The van der Waals surface area contributed by atoms with Crippen molar-refractivity contribution >= 4 is 11.9 Å². The zero-order chi connectivity index (χ0) is 16.8. The van der Waals surface area contributed by atoms with Gasteiger partial charge in [-0.05, 0) is 50.8 Å². The predicted molar refractivity (Wildman–Crippen MR) is 94.8 cm³/mol. The third-order valence-corrected chi connectivity index (χ3v) is 5.09. The number of carbonyl (C=O) groups is 1. The Kier molecular flexibility index (Phi) is 6.01. The lowest BCUT2D eigenvalue weighted by Crippen LogP contribution is -2.43. The summed E-state index contributed by atoms with van der Waals surface area (Å²) in [7, 11) is 0. The summed E-state index contributed by atoms with van der Waals surface area (Å²) in [5.74, 6) is 1.64. The Morgan fingerprint density at radius 3 is 2.54 bits per heavy atom. The van der Waals surface area contributed by atoms with Crippen LogP contribution in [0, 0.1) is 11.8 Å². The van der Waals surface area contributed by atoms with Crippen LogP contribution in [0.25, 0.3) is 0 Å². The first-order valence-corrected chi connectivity index (χ1v) is 9.24. The molecule has 2 fully saturated rings. The van der Waals surface area contributed by atoms with Gasteiger partial charge in [-0.2, -0.15) is 0 Å². The lowest BCUT2D eigenvalue weighted by molar-refractivity contribution is -0.125. The molecule has 6 nitrogen and oxygen atoms in total. The molecule has 132 valence electrons. The number of carbonyl (C=O) groups excluding carboxylic acids is 1. The second kappa shape index (κ2) is 8.42. The molecule has 0 spiro atoms. The van der Waals surface area contributed by atoms with E-state index in [9.17, 15) is 4.79 Å². The maximum Gasteiger partial charge on any atom is 0.225 e. The first-order valence-electron chi connectivity index (χ1n) is 9.24. The van der Waals surface area contributed by atoms with Gasteiger partial charge in [-0.15, -0.1) is 0 Å². The molecule has 0 saturated carbocycles. The normalized spacial score (nSPS) is 21.0. The first-order chi connectivity index (χ1) is 11.7. The van der Waals surface area contributed by atoms with Gasteiger partial charge in [-0.25, -0.2) is 9.97 Å². The van der Waals surface area contributed by atoms with Crippen LogP contribution in [-0.4, -0.2) is 60.0 Å². The lowest BCUT2D eigenvalue weighted by Gasteiger charge is -2.31. The van der Waals surface area contributed by atoms with Crippen molar-refractivity contribution in [1.29, 1.82) is 0 Å². The highest BCUT2D eigenvalue weighted by Gasteiger charge is 2.26. The maximum atomic E-state index is 12.4. The summed E-state index contributed by atoms with van der Waals surface area (Å²) >= 11 is 0. The predicted octanol–water partition coefficient (Wildman–Crippen LogP) is 1.54. The second-order valence-corrected chi connectivity index (χ2v) is 7.17. The molecule has 1 aromatic rings. The van der Waals surface area contributed by atoms with Crippen LogP contribution in [0.1, 0.15) is 32.6 Å². The molecule has 2 aliphatic rings. The molecule has 0 aromatic carbocycles. The van der Waals surface area contributed by atoms with Crippen molar-refractivity contribution in [3.8, 4) is 0 Å². The Labute approximate surface area is 144 Å². The van der Waals surface area contributed by atoms with E-state index in [1.165, 1.54) is 25.9 Å². The zero-order valence-corrected chi connectivity index (χ0v) is 14.7. The van der Waals surface area contributed by atoms with Crippen molar-refractivity contribution in [2.24, 2.45) is 11.8 Å². The van der Waals surface area contributed by atoms with Gasteiger partial charge in [0, 0.05) is 44.5 Å². The van der Waals surface area contributed by atoms with Crippen molar-refractivity contribution < 1.29 is 4.79 Å². The van der Waals surface area contributed by atoms with Gasteiger partial charge in [-0.1, -0.05) is 6.92 Å². The Bertz CT molecular complexity index is 509. The van der Waals surface area contributed by atoms with Crippen LogP contribution in [-0.2, 0) is 4.79 Å². The molecule has 3 heterocycles. The second-order valence-electron chi connectivity index (χ2n) is 7.17. The number of rotatable bonds is 6. The molecule has 6 heteroatoms. The molecule has 1 aromatic heterocycles. The van der Waals surface area contributed by atoms with Crippen molar-refractivity contribution in [3.63, 3.8) is 0 Å². The van der Waals surface area contributed by atoms with Crippen LogP contribution < -0.4 is 10.2 Å². The molecule has 0 aliphatic carbocycles. The molecule has 24 heavy (non-hydrogen) atoms. The fourth-order valence-electron chi connectivity index (χ4n) is 3.69. The maximum absolute atomic E-state index is 12.4. The fourth-order valence-corrected chi connectivity index (χ4v) is 3.69. The highest BCUT2D eigenvalue weighted by atomic mass is 16.1. The SMILES string of the molecule is CC(CNC(=O)C1CCN(c2ncccn2)CC1)CN1CCCC1. The van der Waals surface area contributed by atoms with Gasteiger partial charge in [0.1, 0.15) is 0 Å². The van der Waals surface area contributed by atoms with E-state index in [1.807, 2.05) is 6.07 Å². The number of likely N-dealkylation sites (tertiary alicyclic amines) is 1. The van der Waals surface area contributed by atoms with E-state index in [4.69, 9.17) is 0 Å². The molecule has 2 saturated heterocycles. The molecular formula is C18H29N5O. The minimum absolute atomic E-state index is 0.129. The average molecular weight is 331 g/mol. The van der Waals surface area contributed by atoms with E-state index in [1.54, 1.807) is 12.4 Å². The van der Waals surface area contributed by atoms with E-state index < -0.39 is 0 Å². The Hall–Kier alpha value is -1.69. The summed E-state index contributed by atoms with van der Waals surface area (Å²) in [6.07, 6.45) is 7.94. The molecule has 0 bridgehead atoms. The topological polar surface area (TPSA) is 61.4 Å². The third kappa shape index (κ3) is 4.66. The molecule has 2 aliphatic heterocycles. The monoisotopic (exact) mass is 331 g/mol. The van der Waals surface area contributed by atoms with Gasteiger partial charge < -0.3 is 15.1 Å². The zero-order valence-electron chi connectivity index (χ0n) is 14.7. The summed E-state index contributed by atoms with van der Waals surface area (Å²) in [4.78, 5) is 25.7. The number of aromatic nitrogens is 2. The van der Waals surface area contributed by atoms with Gasteiger partial charge in [-0.3, -0.25) is 4.79 Å². The largest absolute Gasteiger partial charge is 0.356 e. The van der Waals surface area contributed by atoms with Gasteiger partial charge >= 0.3 is 0 Å². The number of hydrogen-bond acceptors (Lipinski definition) is 5. The number of nitrogens with zero attached hydrogens (tertiary/aromatic N) is 4. The van der Waals surface area contributed by atoms with Crippen LogP contribution in [0.15, 0.2) is 18.5 Å². The van der Waals surface area contributed by atoms with E-state index >= 15 is 0 Å². The molecule has 0 radical (unpaired) electrons. The van der Waals surface area contributed by atoms with E-state index in [-0.39, 0.29) is 11.8 Å². The highest BCUT2D eigenvalue weighted by molar-refractivity contribution is 5.78. The van der Waals surface area contributed by atoms with E-state index in [2.05, 4.69) is 32.0 Å². The molecule has 3 rings (SSSR count). The van der Waals surface area contributed by atoms with Crippen molar-refractivity contribution in [1.82, 2.24) is 20.2 Å². The van der Waals surface area contributed by atoms with E-state index in [0.717, 1.165) is 45.0 Å². The third-order valence-electron chi connectivity index (χ3n) is 5.09. The van der Waals surface area contributed by atoms with Crippen LogP contribution in [0.3, 0.4) is 0 Å². The fraction of sp³-hybridized carbons (Fsp3) is 0.722. The van der Waals surface area contributed by atoms with Gasteiger partial charge in [0.25, 0.3) is 0 Å². The smallest absolute Gasteiger partial charge is 0.225 e. The molecular weight excluding hydrogens is 302 g/mol. The van der Waals surface area contributed by atoms with Gasteiger partial charge in [0.15, 0.2) is 0 Å². The standard InChI is InChI=1S/C18H29N5O/c1-15(14-22-9-2-3-10-22)13-21-17(24)16-5-11-23(12-6-16)18-19-7-4-8-20-18/h4,7-8,15-16H,2-3,5-6,9-14H2,1H3,(H,21,24). The number of piperidine rings is 1. The van der Waals surface area contributed by atoms with Crippen LogP contribution in [0.5, 0.6) is 0 Å². The summed E-state index contributed by atoms with van der Waals surface area (Å²) in [5, 5.41) is 3.17. The van der Waals surface area contributed by atoms with Crippen LogP contribution in [0.2, 0.25) is 0 Å².